The van der Waals surface area contributed by atoms with Crippen molar-refractivity contribution in [2.75, 3.05) is 0 Å². The van der Waals surface area contributed by atoms with Crippen LogP contribution in [-0.2, 0) is 0 Å². The van der Waals surface area contributed by atoms with Crippen LogP contribution in [0.15, 0.2) is 30.6 Å². The van der Waals surface area contributed by atoms with Crippen LogP contribution in [0.25, 0.3) is 10.9 Å². The minimum atomic E-state index is -0.154. The van der Waals surface area contributed by atoms with E-state index < -0.39 is 0 Å². The van der Waals surface area contributed by atoms with Gasteiger partial charge in [0.05, 0.1) is 0 Å². The van der Waals surface area contributed by atoms with E-state index in [2.05, 4.69) is 26.0 Å². The van der Waals surface area contributed by atoms with Crippen LogP contribution in [0.4, 0.5) is 0 Å². The molecule has 3 nitrogen and oxygen atoms in total. The van der Waals surface area contributed by atoms with E-state index in [4.69, 9.17) is 0 Å². The van der Waals surface area contributed by atoms with Gasteiger partial charge in [0, 0.05) is 0 Å². The Bertz CT molecular complexity index is 465. The molecule has 2 aromatic rings. The van der Waals surface area contributed by atoms with E-state index in [-0.39, 0.29) is 4.68 Å². The average molecular weight is 236 g/mol. The van der Waals surface area contributed by atoms with Gasteiger partial charge in [0.25, 0.3) is 0 Å². The molecule has 0 bridgehead atoms. The van der Waals surface area contributed by atoms with Gasteiger partial charge in [0.15, 0.2) is 0 Å². The molecule has 4 heteroatoms. The summed E-state index contributed by atoms with van der Waals surface area (Å²) in [6.45, 7) is 0. The monoisotopic (exact) mass is 237 g/mol. The number of benzene rings is 1. The van der Waals surface area contributed by atoms with Gasteiger partial charge in [-0.25, -0.2) is 0 Å². The molecular weight excluding hydrogens is 231 g/mol. The SMILES string of the molecule is O=C([Se])c1ncnc2ccccc12. The first-order chi connectivity index (χ1) is 6.29. The number of aromatic nitrogens is 2. The molecule has 0 fully saturated rings. The zero-order valence-corrected chi connectivity index (χ0v) is 8.31. The molecule has 1 heterocycles. The number of carbonyl (C=O) groups excluding carboxylic acids is 1. The molecule has 0 saturated carbocycles. The molecule has 63 valence electrons. The van der Waals surface area contributed by atoms with Gasteiger partial charge in [-0.2, -0.15) is 0 Å². The average Bonchev–Trinajstić information content (AvgIpc) is 2.17. The Morgan fingerprint density at radius 3 is 2.77 bits per heavy atom. The van der Waals surface area contributed by atoms with Gasteiger partial charge < -0.3 is 0 Å². The summed E-state index contributed by atoms with van der Waals surface area (Å²) in [5, 5.41) is 0.786. The summed E-state index contributed by atoms with van der Waals surface area (Å²) in [5.41, 5.74) is 1.22. The number of hydrogen-bond donors (Lipinski definition) is 0. The normalized spacial score (nSPS) is 10.2. The molecule has 0 aliphatic rings. The second-order valence-electron chi connectivity index (χ2n) is 2.53. The van der Waals surface area contributed by atoms with E-state index in [0.29, 0.717) is 5.69 Å². The van der Waals surface area contributed by atoms with E-state index in [9.17, 15) is 4.79 Å². The summed E-state index contributed by atoms with van der Waals surface area (Å²) in [7, 11) is 0. The van der Waals surface area contributed by atoms with Gasteiger partial charge in [0.2, 0.25) is 0 Å². The van der Waals surface area contributed by atoms with E-state index >= 15 is 0 Å². The molecule has 0 aliphatic heterocycles. The molecule has 1 radical (unpaired) electrons. The summed E-state index contributed by atoms with van der Waals surface area (Å²) in [4.78, 5) is 19.1. The van der Waals surface area contributed by atoms with Crippen molar-refractivity contribution in [2.45, 2.75) is 0 Å². The molecule has 1 aromatic heterocycles. The van der Waals surface area contributed by atoms with Gasteiger partial charge in [-0.1, -0.05) is 0 Å². The first-order valence-electron chi connectivity index (χ1n) is 3.70. The Morgan fingerprint density at radius 1 is 1.23 bits per heavy atom. The van der Waals surface area contributed by atoms with Crippen LogP contribution >= 0.6 is 0 Å². The summed E-state index contributed by atoms with van der Waals surface area (Å²) >= 11 is 2.42. The Labute approximate surface area is 83.0 Å². The van der Waals surface area contributed by atoms with Crippen molar-refractivity contribution in [1.82, 2.24) is 9.97 Å². The topological polar surface area (TPSA) is 42.9 Å². The third kappa shape index (κ3) is 1.46. The fourth-order valence-electron chi connectivity index (χ4n) is 1.17. The number of fused-ring (bicyclic) bond motifs is 1. The zero-order chi connectivity index (χ0) is 9.26. The van der Waals surface area contributed by atoms with Crippen LogP contribution in [0, 0.1) is 0 Å². The van der Waals surface area contributed by atoms with Gasteiger partial charge in [0.1, 0.15) is 0 Å². The van der Waals surface area contributed by atoms with E-state index in [0.717, 1.165) is 10.9 Å². The predicted molar refractivity (Wildman–Crippen MR) is 49.6 cm³/mol. The second-order valence-corrected chi connectivity index (χ2v) is 3.30. The van der Waals surface area contributed by atoms with Crippen molar-refractivity contribution >= 4 is 31.6 Å². The molecule has 0 N–H and O–H groups in total. The maximum absolute atomic E-state index is 11.1. The standard InChI is InChI=1S/C9H5N2OSe/c12-9(13)8-6-3-1-2-4-7(6)10-5-11-8/h1-5H. The Kier molecular flexibility index (Phi) is 2.08. The van der Waals surface area contributed by atoms with Gasteiger partial charge in [-0.15, -0.1) is 0 Å². The molecule has 0 saturated heterocycles. The van der Waals surface area contributed by atoms with Crippen molar-refractivity contribution in [3.8, 4) is 0 Å². The van der Waals surface area contributed by atoms with Crippen LogP contribution < -0.4 is 0 Å². The summed E-state index contributed by atoms with van der Waals surface area (Å²) in [5.74, 6) is 0. The number of rotatable bonds is 1. The summed E-state index contributed by atoms with van der Waals surface area (Å²) in [6, 6.07) is 7.42. The summed E-state index contributed by atoms with van der Waals surface area (Å²) in [6.07, 6.45) is 1.40. The predicted octanol–water partition coefficient (Wildman–Crippen LogP) is 0.939. The van der Waals surface area contributed by atoms with Crippen molar-refractivity contribution in [1.29, 1.82) is 0 Å². The third-order valence-corrected chi connectivity index (χ3v) is 2.14. The number of hydrogen-bond acceptors (Lipinski definition) is 3. The minimum absolute atomic E-state index is 0.154. The molecule has 2 rings (SSSR count). The van der Waals surface area contributed by atoms with Crippen LogP contribution in [0.1, 0.15) is 10.5 Å². The third-order valence-electron chi connectivity index (χ3n) is 1.74. The molecule has 0 aliphatic carbocycles. The van der Waals surface area contributed by atoms with Crippen molar-refractivity contribution < 1.29 is 4.79 Å². The number of carbonyl (C=O) groups is 1. The Balaban J connectivity index is 2.83. The molecule has 0 spiro atoms. The summed E-state index contributed by atoms with van der Waals surface area (Å²) < 4.78 is -0.154. The van der Waals surface area contributed by atoms with Gasteiger partial charge in [-0.05, 0) is 0 Å². The van der Waals surface area contributed by atoms with Crippen LogP contribution in [0.5, 0.6) is 0 Å². The van der Waals surface area contributed by atoms with E-state index in [1.807, 2.05) is 24.3 Å². The van der Waals surface area contributed by atoms with Crippen LogP contribution in [0.3, 0.4) is 0 Å². The van der Waals surface area contributed by atoms with E-state index in [1.54, 1.807) is 0 Å². The molecule has 1 aromatic carbocycles. The van der Waals surface area contributed by atoms with Gasteiger partial charge >= 0.3 is 82.6 Å². The quantitative estimate of drug-likeness (QED) is 0.692. The van der Waals surface area contributed by atoms with Crippen LogP contribution in [0.2, 0.25) is 0 Å². The molecule has 0 unspecified atom stereocenters. The zero-order valence-electron chi connectivity index (χ0n) is 6.60. The first-order valence-corrected chi connectivity index (χ1v) is 4.56. The molecule has 13 heavy (non-hydrogen) atoms. The molecule has 0 amide bonds. The second kappa shape index (κ2) is 3.24. The van der Waals surface area contributed by atoms with Gasteiger partial charge in [-0.3, -0.25) is 0 Å². The van der Waals surface area contributed by atoms with Crippen LogP contribution in [-0.4, -0.2) is 30.7 Å². The first kappa shape index (κ1) is 8.35. The van der Waals surface area contributed by atoms with Crippen molar-refractivity contribution in [3.63, 3.8) is 0 Å². The fraction of sp³-hybridized carbons (Fsp3) is 0. The van der Waals surface area contributed by atoms with E-state index in [1.165, 1.54) is 6.33 Å². The fourth-order valence-corrected chi connectivity index (χ4v) is 1.51. The number of para-hydroxylation sites is 1. The Hall–Kier alpha value is -1.25. The van der Waals surface area contributed by atoms with Crippen molar-refractivity contribution in [3.05, 3.63) is 36.3 Å². The maximum atomic E-state index is 11.1. The Morgan fingerprint density at radius 2 is 2.00 bits per heavy atom. The molecular formula is C9H5N2OSe. The van der Waals surface area contributed by atoms with Crippen molar-refractivity contribution in [2.24, 2.45) is 0 Å². The number of nitrogens with zero attached hydrogens (tertiary/aromatic N) is 2. The molecule has 0 atom stereocenters.